The van der Waals surface area contributed by atoms with Crippen molar-refractivity contribution < 1.29 is 14.2 Å². The summed E-state index contributed by atoms with van der Waals surface area (Å²) < 4.78 is 17.1. The minimum Gasteiger partial charge on any atom is -0.461 e. The molecule has 8 heteroatoms. The zero-order valence-electron chi connectivity index (χ0n) is 17.6. The fourth-order valence-electron chi connectivity index (χ4n) is 3.81. The Hall–Kier alpha value is -2.55. The number of aryl methyl sites for hydroxylation is 1. The number of benzene rings is 1. The molecule has 0 radical (unpaired) electrons. The van der Waals surface area contributed by atoms with Crippen LogP contribution in [0.2, 0.25) is 0 Å². The second-order valence-corrected chi connectivity index (χ2v) is 8.70. The van der Waals surface area contributed by atoms with E-state index in [1.54, 1.807) is 11.3 Å². The monoisotopic (exact) mass is 438 g/mol. The van der Waals surface area contributed by atoms with Crippen LogP contribution in [0.5, 0.6) is 6.01 Å². The van der Waals surface area contributed by atoms with Crippen molar-refractivity contribution in [3.63, 3.8) is 0 Å². The van der Waals surface area contributed by atoms with Gasteiger partial charge in [0, 0.05) is 36.7 Å². The van der Waals surface area contributed by atoms with E-state index < -0.39 is 0 Å². The first kappa shape index (κ1) is 20.4. The summed E-state index contributed by atoms with van der Waals surface area (Å²) in [5.41, 5.74) is 3.94. The summed E-state index contributed by atoms with van der Waals surface area (Å²) in [6, 6.07) is 10.8. The first-order valence-corrected chi connectivity index (χ1v) is 11.6. The molecular formula is C23H26N4O3S. The van der Waals surface area contributed by atoms with Crippen LogP contribution in [-0.4, -0.2) is 60.6 Å². The zero-order valence-corrected chi connectivity index (χ0v) is 18.4. The second-order valence-electron chi connectivity index (χ2n) is 7.85. The molecule has 0 amide bonds. The quantitative estimate of drug-likeness (QED) is 0.577. The second kappa shape index (κ2) is 9.30. The first-order chi connectivity index (χ1) is 15.2. The van der Waals surface area contributed by atoms with Gasteiger partial charge < -0.3 is 19.1 Å². The summed E-state index contributed by atoms with van der Waals surface area (Å²) in [6.45, 7) is 6.35. The fourth-order valence-corrected chi connectivity index (χ4v) is 4.62. The van der Waals surface area contributed by atoms with Gasteiger partial charge in [0.2, 0.25) is 0 Å². The SMILES string of the molecule is Cc1cccc(-c2nc(-c3cc(N4CCOCC4)nc(OCC4CCCO4)n3)cs2)c1. The molecule has 2 fully saturated rings. The highest BCUT2D eigenvalue weighted by molar-refractivity contribution is 7.13. The van der Waals surface area contributed by atoms with Gasteiger partial charge in [-0.25, -0.2) is 4.98 Å². The zero-order chi connectivity index (χ0) is 21.0. The van der Waals surface area contributed by atoms with Crippen molar-refractivity contribution >= 4 is 17.2 Å². The summed E-state index contributed by atoms with van der Waals surface area (Å²) in [5, 5.41) is 3.03. The Kier molecular flexibility index (Phi) is 6.11. The number of ether oxygens (including phenoxy) is 3. The van der Waals surface area contributed by atoms with Gasteiger partial charge in [-0.1, -0.05) is 23.8 Å². The van der Waals surface area contributed by atoms with Crippen molar-refractivity contribution in [2.24, 2.45) is 0 Å². The van der Waals surface area contributed by atoms with Crippen LogP contribution in [0, 0.1) is 6.92 Å². The summed E-state index contributed by atoms with van der Waals surface area (Å²) >= 11 is 1.62. The number of aromatic nitrogens is 3. The van der Waals surface area contributed by atoms with Crippen LogP contribution in [0.25, 0.3) is 22.0 Å². The maximum absolute atomic E-state index is 5.96. The third-order valence-corrected chi connectivity index (χ3v) is 6.37. The number of anilines is 1. The van der Waals surface area contributed by atoms with E-state index in [4.69, 9.17) is 19.2 Å². The Morgan fingerprint density at radius 1 is 1.10 bits per heavy atom. The molecule has 31 heavy (non-hydrogen) atoms. The van der Waals surface area contributed by atoms with Crippen LogP contribution in [0.1, 0.15) is 18.4 Å². The third kappa shape index (κ3) is 4.87. The van der Waals surface area contributed by atoms with Gasteiger partial charge in [-0.3, -0.25) is 0 Å². The van der Waals surface area contributed by atoms with E-state index in [9.17, 15) is 0 Å². The van der Waals surface area contributed by atoms with Gasteiger partial charge in [-0.15, -0.1) is 11.3 Å². The fraction of sp³-hybridized carbons (Fsp3) is 0.435. The predicted molar refractivity (Wildman–Crippen MR) is 121 cm³/mol. The largest absolute Gasteiger partial charge is 0.461 e. The minimum absolute atomic E-state index is 0.117. The molecule has 2 saturated heterocycles. The number of hydrogen-bond donors (Lipinski definition) is 0. The normalized spacial score (nSPS) is 19.0. The van der Waals surface area contributed by atoms with Gasteiger partial charge >= 0.3 is 6.01 Å². The lowest BCUT2D eigenvalue weighted by molar-refractivity contribution is 0.0645. The van der Waals surface area contributed by atoms with E-state index >= 15 is 0 Å². The van der Waals surface area contributed by atoms with Gasteiger partial charge in [-0.2, -0.15) is 9.97 Å². The lowest BCUT2D eigenvalue weighted by Crippen LogP contribution is -2.36. The van der Waals surface area contributed by atoms with Crippen molar-refractivity contribution in [3.8, 4) is 28.0 Å². The van der Waals surface area contributed by atoms with Crippen molar-refractivity contribution in [1.29, 1.82) is 0 Å². The van der Waals surface area contributed by atoms with Crippen LogP contribution >= 0.6 is 11.3 Å². The molecular weight excluding hydrogens is 412 g/mol. The molecule has 1 atom stereocenters. The standard InChI is InChI=1S/C23H26N4O3S/c1-16-4-2-5-17(12-16)22-24-20(15-31-22)19-13-21(27-7-10-28-11-8-27)26-23(25-19)30-14-18-6-3-9-29-18/h2,4-5,12-13,15,18H,3,6-11,14H2,1H3. The molecule has 0 saturated carbocycles. The molecule has 2 aliphatic heterocycles. The summed E-state index contributed by atoms with van der Waals surface area (Å²) in [4.78, 5) is 16.4. The van der Waals surface area contributed by atoms with Crippen LogP contribution in [-0.2, 0) is 9.47 Å². The van der Waals surface area contributed by atoms with Gasteiger partial charge in [0.15, 0.2) is 0 Å². The Balaban J connectivity index is 1.44. The highest BCUT2D eigenvalue weighted by Gasteiger charge is 2.20. The molecule has 1 unspecified atom stereocenters. The van der Waals surface area contributed by atoms with Crippen molar-refractivity contribution in [3.05, 3.63) is 41.3 Å². The molecule has 2 aliphatic rings. The predicted octanol–water partition coefficient (Wildman–Crippen LogP) is 3.97. The smallest absolute Gasteiger partial charge is 0.319 e. The molecule has 0 aliphatic carbocycles. The molecule has 2 aromatic heterocycles. The number of hydrogen-bond acceptors (Lipinski definition) is 8. The summed E-state index contributed by atoms with van der Waals surface area (Å²) in [7, 11) is 0. The number of thiazole rings is 1. The van der Waals surface area contributed by atoms with Crippen molar-refractivity contribution in [2.45, 2.75) is 25.9 Å². The minimum atomic E-state index is 0.117. The van der Waals surface area contributed by atoms with Gasteiger partial charge in [0.05, 0.1) is 25.0 Å². The Morgan fingerprint density at radius 2 is 2.00 bits per heavy atom. The highest BCUT2D eigenvalue weighted by atomic mass is 32.1. The molecule has 0 bridgehead atoms. The molecule has 3 aromatic rings. The van der Waals surface area contributed by atoms with Crippen LogP contribution < -0.4 is 9.64 Å². The molecule has 7 nitrogen and oxygen atoms in total. The highest BCUT2D eigenvalue weighted by Crippen LogP contribution is 2.31. The average Bonchev–Trinajstić information content (AvgIpc) is 3.51. The molecule has 162 valence electrons. The van der Waals surface area contributed by atoms with Crippen molar-refractivity contribution in [1.82, 2.24) is 15.0 Å². The molecule has 0 spiro atoms. The van der Waals surface area contributed by atoms with E-state index in [1.165, 1.54) is 5.56 Å². The van der Waals surface area contributed by atoms with Gasteiger partial charge in [0.1, 0.15) is 23.1 Å². The average molecular weight is 439 g/mol. The van der Waals surface area contributed by atoms with Gasteiger partial charge in [-0.05, 0) is 25.8 Å². The lowest BCUT2D eigenvalue weighted by atomic mass is 10.1. The van der Waals surface area contributed by atoms with E-state index in [0.717, 1.165) is 60.3 Å². The Labute approximate surface area is 186 Å². The Morgan fingerprint density at radius 3 is 2.81 bits per heavy atom. The van der Waals surface area contributed by atoms with Crippen LogP contribution in [0.4, 0.5) is 5.82 Å². The Bertz CT molecular complexity index is 1030. The van der Waals surface area contributed by atoms with Crippen LogP contribution in [0.15, 0.2) is 35.7 Å². The van der Waals surface area contributed by atoms with E-state index in [-0.39, 0.29) is 6.10 Å². The first-order valence-electron chi connectivity index (χ1n) is 10.7. The third-order valence-electron chi connectivity index (χ3n) is 5.48. The summed E-state index contributed by atoms with van der Waals surface area (Å²) in [6.07, 6.45) is 2.21. The molecule has 1 aromatic carbocycles. The van der Waals surface area contributed by atoms with Crippen LogP contribution in [0.3, 0.4) is 0 Å². The van der Waals surface area contributed by atoms with Gasteiger partial charge in [0.25, 0.3) is 0 Å². The lowest BCUT2D eigenvalue weighted by Gasteiger charge is -2.28. The number of nitrogens with zero attached hydrogens (tertiary/aromatic N) is 4. The number of morpholine rings is 1. The molecule has 5 rings (SSSR count). The summed E-state index contributed by atoms with van der Waals surface area (Å²) in [5.74, 6) is 0.848. The topological polar surface area (TPSA) is 69.6 Å². The van der Waals surface area contributed by atoms with Crippen molar-refractivity contribution in [2.75, 3.05) is 44.4 Å². The number of rotatable bonds is 6. The molecule has 4 heterocycles. The van der Waals surface area contributed by atoms with E-state index in [1.807, 2.05) is 11.4 Å². The maximum atomic E-state index is 5.96. The van der Waals surface area contributed by atoms with E-state index in [0.29, 0.717) is 25.8 Å². The van der Waals surface area contributed by atoms with E-state index in [2.05, 4.69) is 46.1 Å². The molecule has 0 N–H and O–H groups in total. The maximum Gasteiger partial charge on any atom is 0.319 e.